The molecule has 0 fully saturated rings. The molecule has 0 spiro atoms. The highest BCUT2D eigenvalue weighted by atomic mass is 32.1. The number of aryl methyl sites for hydroxylation is 2. The zero-order valence-electron chi connectivity index (χ0n) is 15.5. The molecule has 1 aromatic carbocycles. The lowest BCUT2D eigenvalue weighted by atomic mass is 9.97. The fraction of sp³-hybridized carbons (Fsp3) is 0.190. The van der Waals surface area contributed by atoms with Crippen LogP contribution < -0.4 is 22.2 Å². The number of para-hydroxylation sites is 1. The summed E-state index contributed by atoms with van der Waals surface area (Å²) in [6.45, 7) is 0. The number of nitrogen functional groups attached to an aromatic ring is 1. The van der Waals surface area contributed by atoms with Gasteiger partial charge in [-0.2, -0.15) is 5.26 Å². The van der Waals surface area contributed by atoms with Gasteiger partial charge in [-0.25, -0.2) is 9.08 Å². The van der Waals surface area contributed by atoms with Gasteiger partial charge in [-0.1, -0.05) is 18.2 Å². The molecule has 5 rings (SSSR count). The number of rotatable bonds is 2. The predicted molar refractivity (Wildman–Crippen MR) is 114 cm³/mol. The molecule has 3 heterocycles. The molecule has 0 saturated carbocycles. The van der Waals surface area contributed by atoms with E-state index in [9.17, 15) is 10.1 Å². The standard InChI is InChI=1S/C21H18N6OS/c22-11-14-15(23)10-17-26(20(14)28)21-18(13-8-4-5-9-16(13)29-21)19(24)27(17)25-12-6-2-1-3-7-12/h1-3,6-7,10,24-25H,4-5,8-9,23H2. The summed E-state index contributed by atoms with van der Waals surface area (Å²) in [5, 5.41) is 19.2. The van der Waals surface area contributed by atoms with Gasteiger partial charge >= 0.3 is 0 Å². The van der Waals surface area contributed by atoms with Crippen LogP contribution in [0.5, 0.6) is 0 Å². The van der Waals surface area contributed by atoms with Gasteiger partial charge in [0.15, 0.2) is 5.49 Å². The number of anilines is 2. The van der Waals surface area contributed by atoms with Crippen molar-refractivity contribution in [2.75, 3.05) is 11.2 Å². The SMILES string of the molecule is N#Cc1c(N)cc2n(Nc3ccccc3)c(=N)c3c4c(sc3n2c1=O)CCCC4. The van der Waals surface area contributed by atoms with Crippen molar-refractivity contribution < 1.29 is 0 Å². The van der Waals surface area contributed by atoms with Gasteiger partial charge in [-0.05, 0) is 43.4 Å². The van der Waals surface area contributed by atoms with E-state index in [1.165, 1.54) is 9.28 Å². The number of aromatic nitrogens is 2. The number of hydrogen-bond acceptors (Lipinski definition) is 6. The van der Waals surface area contributed by atoms with Crippen LogP contribution in [0.1, 0.15) is 28.8 Å². The zero-order valence-corrected chi connectivity index (χ0v) is 16.3. The van der Waals surface area contributed by atoms with E-state index < -0.39 is 5.56 Å². The number of pyridine rings is 1. The quantitative estimate of drug-likeness (QED) is 0.478. The van der Waals surface area contributed by atoms with E-state index >= 15 is 0 Å². The fourth-order valence-electron chi connectivity index (χ4n) is 4.02. The molecule has 1 aliphatic rings. The summed E-state index contributed by atoms with van der Waals surface area (Å²) in [5.74, 6) is 0. The molecular formula is C21H18N6OS. The van der Waals surface area contributed by atoms with E-state index in [0.29, 0.717) is 10.5 Å². The van der Waals surface area contributed by atoms with Gasteiger partial charge in [-0.15, -0.1) is 11.3 Å². The normalized spacial score (nSPS) is 13.3. The molecule has 0 amide bonds. The number of nitrogens with one attached hydrogen (secondary N) is 2. The monoisotopic (exact) mass is 402 g/mol. The summed E-state index contributed by atoms with van der Waals surface area (Å²) in [7, 11) is 0. The van der Waals surface area contributed by atoms with E-state index in [1.807, 2.05) is 36.4 Å². The van der Waals surface area contributed by atoms with Crippen LogP contribution >= 0.6 is 11.3 Å². The van der Waals surface area contributed by atoms with Crippen molar-refractivity contribution in [2.24, 2.45) is 0 Å². The first-order valence-electron chi connectivity index (χ1n) is 9.41. The van der Waals surface area contributed by atoms with E-state index in [1.54, 1.807) is 22.1 Å². The van der Waals surface area contributed by atoms with Gasteiger partial charge in [-0.3, -0.25) is 15.6 Å². The summed E-state index contributed by atoms with van der Waals surface area (Å²) in [5.41, 5.74) is 11.5. The van der Waals surface area contributed by atoms with Crippen LogP contribution in [-0.2, 0) is 12.8 Å². The molecule has 8 heteroatoms. The van der Waals surface area contributed by atoms with E-state index in [4.69, 9.17) is 11.1 Å². The fourth-order valence-corrected chi connectivity index (χ4v) is 5.42. The molecule has 0 saturated heterocycles. The van der Waals surface area contributed by atoms with Crippen molar-refractivity contribution in [2.45, 2.75) is 25.7 Å². The number of nitrogens with two attached hydrogens (primary N) is 1. The van der Waals surface area contributed by atoms with Gasteiger partial charge in [0, 0.05) is 10.9 Å². The van der Waals surface area contributed by atoms with Crippen molar-refractivity contribution in [1.29, 1.82) is 10.7 Å². The van der Waals surface area contributed by atoms with Crippen LogP contribution in [0.3, 0.4) is 0 Å². The first-order valence-corrected chi connectivity index (χ1v) is 10.2. The molecule has 0 atom stereocenters. The maximum absolute atomic E-state index is 13.2. The van der Waals surface area contributed by atoms with Gasteiger partial charge in [0.05, 0.1) is 16.8 Å². The molecule has 4 N–H and O–H groups in total. The van der Waals surface area contributed by atoms with Crippen molar-refractivity contribution in [3.05, 3.63) is 68.2 Å². The van der Waals surface area contributed by atoms with Crippen LogP contribution in [0.4, 0.5) is 11.4 Å². The Labute approximate surface area is 169 Å². The van der Waals surface area contributed by atoms with Crippen LogP contribution in [0.15, 0.2) is 41.2 Å². The number of fused-ring (bicyclic) bond motifs is 5. The molecule has 4 aromatic rings. The summed E-state index contributed by atoms with van der Waals surface area (Å²) >= 11 is 1.55. The number of thiophene rings is 1. The molecule has 3 aromatic heterocycles. The average molecular weight is 402 g/mol. The molecule has 0 radical (unpaired) electrons. The van der Waals surface area contributed by atoms with Gasteiger partial charge in [0.2, 0.25) is 0 Å². The predicted octanol–water partition coefficient (Wildman–Crippen LogP) is 3.00. The first-order chi connectivity index (χ1) is 14.1. The Hall–Kier alpha value is -3.57. The van der Waals surface area contributed by atoms with Crippen molar-refractivity contribution in [3.63, 3.8) is 0 Å². The zero-order chi connectivity index (χ0) is 20.1. The highest BCUT2D eigenvalue weighted by Crippen LogP contribution is 2.35. The maximum atomic E-state index is 13.2. The minimum absolute atomic E-state index is 0.0702. The Kier molecular flexibility index (Phi) is 3.93. The van der Waals surface area contributed by atoms with Crippen LogP contribution in [-0.4, -0.2) is 9.08 Å². The highest BCUT2D eigenvalue weighted by Gasteiger charge is 2.23. The third kappa shape index (κ3) is 2.55. The highest BCUT2D eigenvalue weighted by molar-refractivity contribution is 7.18. The topological polar surface area (TPSA) is 112 Å². The third-order valence-electron chi connectivity index (χ3n) is 5.39. The Morgan fingerprint density at radius 3 is 2.72 bits per heavy atom. The van der Waals surface area contributed by atoms with Crippen LogP contribution in [0.2, 0.25) is 0 Å². The molecule has 0 aliphatic heterocycles. The number of nitriles is 1. The summed E-state index contributed by atoms with van der Waals surface area (Å²) in [4.78, 5) is 15.1. The average Bonchev–Trinajstić information content (AvgIpc) is 3.11. The third-order valence-corrected chi connectivity index (χ3v) is 6.67. The molecule has 1 aliphatic carbocycles. The second-order valence-electron chi connectivity index (χ2n) is 7.14. The first kappa shape index (κ1) is 17.5. The van der Waals surface area contributed by atoms with Gasteiger partial charge < -0.3 is 5.73 Å². The lowest BCUT2D eigenvalue weighted by Gasteiger charge is -2.17. The van der Waals surface area contributed by atoms with E-state index in [2.05, 4.69) is 5.43 Å². The van der Waals surface area contributed by atoms with Crippen LogP contribution in [0.25, 0.3) is 15.9 Å². The summed E-state index contributed by atoms with van der Waals surface area (Å²) in [6, 6.07) is 13.0. The largest absolute Gasteiger partial charge is 0.397 e. The summed E-state index contributed by atoms with van der Waals surface area (Å²) in [6.07, 6.45) is 4.03. The second-order valence-corrected chi connectivity index (χ2v) is 8.22. The Morgan fingerprint density at radius 1 is 1.21 bits per heavy atom. The minimum atomic E-state index is -0.449. The van der Waals surface area contributed by atoms with Crippen molar-refractivity contribution in [3.8, 4) is 6.07 Å². The Morgan fingerprint density at radius 2 is 1.97 bits per heavy atom. The number of hydrogen-bond donors (Lipinski definition) is 3. The molecule has 7 nitrogen and oxygen atoms in total. The Bertz CT molecular complexity index is 1440. The van der Waals surface area contributed by atoms with Crippen LogP contribution in [0, 0.1) is 16.7 Å². The van der Waals surface area contributed by atoms with E-state index in [-0.39, 0.29) is 16.7 Å². The van der Waals surface area contributed by atoms with Gasteiger partial charge in [0.25, 0.3) is 5.56 Å². The molecule has 0 bridgehead atoms. The molecular weight excluding hydrogens is 384 g/mol. The molecule has 0 unspecified atom stereocenters. The van der Waals surface area contributed by atoms with Crippen molar-refractivity contribution >= 4 is 38.6 Å². The molecule has 29 heavy (non-hydrogen) atoms. The maximum Gasteiger partial charge on any atom is 0.277 e. The lowest BCUT2D eigenvalue weighted by molar-refractivity contribution is 0.699. The number of nitrogens with zero attached hydrogens (tertiary/aromatic N) is 3. The second kappa shape index (κ2) is 6.50. The lowest BCUT2D eigenvalue weighted by Crippen LogP contribution is -2.33. The Balaban J connectivity index is 1.97. The van der Waals surface area contributed by atoms with E-state index in [0.717, 1.165) is 42.3 Å². The number of benzene rings is 1. The summed E-state index contributed by atoms with van der Waals surface area (Å²) < 4.78 is 3.11. The van der Waals surface area contributed by atoms with Crippen molar-refractivity contribution in [1.82, 2.24) is 9.08 Å². The van der Waals surface area contributed by atoms with Gasteiger partial charge in [0.1, 0.15) is 22.1 Å². The molecule has 144 valence electrons. The minimum Gasteiger partial charge on any atom is -0.397 e. The smallest absolute Gasteiger partial charge is 0.277 e.